The van der Waals surface area contributed by atoms with E-state index in [2.05, 4.69) is 4.74 Å². The fraction of sp³-hybridized carbons (Fsp3) is 0.263. The number of esters is 2. The Morgan fingerprint density at radius 2 is 1.70 bits per heavy atom. The van der Waals surface area contributed by atoms with Gasteiger partial charge < -0.3 is 9.47 Å². The Morgan fingerprint density at radius 3 is 2.43 bits per heavy atom. The molecular formula is C19H20O4. The molecule has 0 saturated heterocycles. The maximum absolute atomic E-state index is 11.8. The highest BCUT2D eigenvalue weighted by molar-refractivity contribution is 5.89. The molecule has 0 aromatic heterocycles. The van der Waals surface area contributed by atoms with Crippen molar-refractivity contribution < 1.29 is 19.1 Å². The molecule has 0 aliphatic rings. The molecule has 23 heavy (non-hydrogen) atoms. The SMILES string of the molecule is COC(=O)c1cccc(COC(=O)CCCc2ccccc2)c1. The van der Waals surface area contributed by atoms with Gasteiger partial charge in [-0.25, -0.2) is 4.79 Å². The van der Waals surface area contributed by atoms with Gasteiger partial charge in [0.05, 0.1) is 12.7 Å². The highest BCUT2D eigenvalue weighted by atomic mass is 16.5. The van der Waals surface area contributed by atoms with Crippen molar-refractivity contribution in [2.75, 3.05) is 7.11 Å². The van der Waals surface area contributed by atoms with Crippen molar-refractivity contribution in [2.24, 2.45) is 0 Å². The normalized spacial score (nSPS) is 10.1. The van der Waals surface area contributed by atoms with Crippen LogP contribution in [0, 0.1) is 0 Å². The number of hydrogen-bond donors (Lipinski definition) is 0. The lowest BCUT2D eigenvalue weighted by molar-refractivity contribution is -0.145. The van der Waals surface area contributed by atoms with E-state index in [-0.39, 0.29) is 12.6 Å². The molecule has 120 valence electrons. The van der Waals surface area contributed by atoms with Crippen LogP contribution >= 0.6 is 0 Å². The van der Waals surface area contributed by atoms with Gasteiger partial charge in [-0.15, -0.1) is 0 Å². The quantitative estimate of drug-likeness (QED) is 0.734. The number of hydrogen-bond acceptors (Lipinski definition) is 4. The largest absolute Gasteiger partial charge is 0.465 e. The Morgan fingerprint density at radius 1 is 0.957 bits per heavy atom. The van der Waals surface area contributed by atoms with E-state index in [0.717, 1.165) is 18.4 Å². The van der Waals surface area contributed by atoms with Gasteiger partial charge in [-0.05, 0) is 36.1 Å². The van der Waals surface area contributed by atoms with Crippen LogP contribution < -0.4 is 0 Å². The van der Waals surface area contributed by atoms with Crippen LogP contribution in [0.1, 0.15) is 34.3 Å². The minimum atomic E-state index is -0.402. The van der Waals surface area contributed by atoms with E-state index in [1.165, 1.54) is 12.7 Å². The molecule has 0 aliphatic heterocycles. The fourth-order valence-electron chi connectivity index (χ4n) is 2.22. The summed E-state index contributed by atoms with van der Waals surface area (Å²) in [5, 5.41) is 0. The zero-order valence-corrected chi connectivity index (χ0v) is 13.2. The first kappa shape index (κ1) is 16.7. The number of carbonyl (C=O) groups excluding carboxylic acids is 2. The molecule has 0 amide bonds. The van der Waals surface area contributed by atoms with Crippen LogP contribution in [-0.2, 0) is 27.3 Å². The van der Waals surface area contributed by atoms with Crippen LogP contribution in [0.3, 0.4) is 0 Å². The average Bonchev–Trinajstić information content (AvgIpc) is 2.60. The second-order valence-corrected chi connectivity index (χ2v) is 5.19. The molecule has 0 bridgehead atoms. The summed E-state index contributed by atoms with van der Waals surface area (Å²) in [6.45, 7) is 0.162. The summed E-state index contributed by atoms with van der Waals surface area (Å²) < 4.78 is 9.91. The first-order valence-corrected chi connectivity index (χ1v) is 7.56. The third-order valence-electron chi connectivity index (χ3n) is 3.44. The average molecular weight is 312 g/mol. The van der Waals surface area contributed by atoms with Crippen molar-refractivity contribution in [1.29, 1.82) is 0 Å². The predicted octanol–water partition coefficient (Wildman–Crippen LogP) is 3.54. The van der Waals surface area contributed by atoms with E-state index in [1.54, 1.807) is 18.2 Å². The molecule has 0 radical (unpaired) electrons. The van der Waals surface area contributed by atoms with Gasteiger partial charge in [0.1, 0.15) is 6.61 Å². The molecule has 0 saturated carbocycles. The molecule has 0 heterocycles. The molecule has 0 aliphatic carbocycles. The lowest BCUT2D eigenvalue weighted by atomic mass is 10.1. The summed E-state index contributed by atoms with van der Waals surface area (Å²) in [5.74, 6) is -0.634. The molecule has 2 aromatic carbocycles. The Bertz CT molecular complexity index is 649. The summed E-state index contributed by atoms with van der Waals surface area (Å²) >= 11 is 0. The van der Waals surface area contributed by atoms with Gasteiger partial charge in [0.2, 0.25) is 0 Å². The highest BCUT2D eigenvalue weighted by Crippen LogP contribution is 2.10. The maximum Gasteiger partial charge on any atom is 0.337 e. The van der Waals surface area contributed by atoms with Crippen LogP contribution in [0.25, 0.3) is 0 Å². The molecule has 4 nitrogen and oxygen atoms in total. The van der Waals surface area contributed by atoms with Gasteiger partial charge in [0.15, 0.2) is 0 Å². The molecule has 0 spiro atoms. The smallest absolute Gasteiger partial charge is 0.337 e. The van der Waals surface area contributed by atoms with Gasteiger partial charge in [-0.3, -0.25) is 4.79 Å². The zero-order valence-electron chi connectivity index (χ0n) is 13.2. The molecule has 0 atom stereocenters. The van der Waals surface area contributed by atoms with E-state index < -0.39 is 5.97 Å². The maximum atomic E-state index is 11.8. The van der Waals surface area contributed by atoms with Gasteiger partial charge in [0, 0.05) is 6.42 Å². The van der Waals surface area contributed by atoms with E-state index in [0.29, 0.717) is 12.0 Å². The van der Waals surface area contributed by atoms with Gasteiger partial charge >= 0.3 is 11.9 Å². The van der Waals surface area contributed by atoms with Crippen LogP contribution in [-0.4, -0.2) is 19.0 Å². The zero-order chi connectivity index (χ0) is 16.5. The molecule has 0 fully saturated rings. The Labute approximate surface area is 136 Å². The number of benzene rings is 2. The van der Waals surface area contributed by atoms with Crippen LogP contribution in [0.15, 0.2) is 54.6 Å². The molecule has 2 aromatic rings. The minimum absolute atomic E-state index is 0.162. The van der Waals surface area contributed by atoms with Crippen molar-refractivity contribution in [3.63, 3.8) is 0 Å². The summed E-state index contributed by atoms with van der Waals surface area (Å²) in [5.41, 5.74) is 2.43. The monoisotopic (exact) mass is 312 g/mol. The van der Waals surface area contributed by atoms with E-state index >= 15 is 0 Å². The first-order valence-electron chi connectivity index (χ1n) is 7.56. The summed E-state index contributed by atoms with van der Waals surface area (Å²) in [6, 6.07) is 16.9. The first-order chi connectivity index (χ1) is 11.2. The molecule has 4 heteroatoms. The Balaban J connectivity index is 1.75. The van der Waals surface area contributed by atoms with Crippen molar-refractivity contribution in [2.45, 2.75) is 25.9 Å². The topological polar surface area (TPSA) is 52.6 Å². The number of carbonyl (C=O) groups is 2. The van der Waals surface area contributed by atoms with Crippen molar-refractivity contribution in [3.8, 4) is 0 Å². The third-order valence-corrected chi connectivity index (χ3v) is 3.44. The number of aryl methyl sites for hydroxylation is 1. The van der Waals surface area contributed by atoms with Crippen LogP contribution in [0.5, 0.6) is 0 Å². The van der Waals surface area contributed by atoms with Gasteiger partial charge in [0.25, 0.3) is 0 Å². The van der Waals surface area contributed by atoms with E-state index in [4.69, 9.17) is 4.74 Å². The standard InChI is InChI=1S/C19H20O4/c1-22-19(21)17-11-5-10-16(13-17)14-23-18(20)12-6-9-15-7-3-2-4-8-15/h2-5,7-8,10-11,13H,6,9,12,14H2,1H3. The van der Waals surface area contributed by atoms with Crippen molar-refractivity contribution in [3.05, 3.63) is 71.3 Å². The van der Waals surface area contributed by atoms with Crippen molar-refractivity contribution >= 4 is 11.9 Å². The van der Waals surface area contributed by atoms with Crippen LogP contribution in [0.2, 0.25) is 0 Å². The number of ether oxygens (including phenoxy) is 2. The fourth-order valence-corrected chi connectivity index (χ4v) is 2.22. The lowest BCUT2D eigenvalue weighted by Crippen LogP contribution is -2.06. The van der Waals surface area contributed by atoms with Gasteiger partial charge in [-0.2, -0.15) is 0 Å². The van der Waals surface area contributed by atoms with Crippen LogP contribution in [0.4, 0.5) is 0 Å². The summed E-state index contributed by atoms with van der Waals surface area (Å²) in [7, 11) is 1.34. The highest BCUT2D eigenvalue weighted by Gasteiger charge is 2.07. The van der Waals surface area contributed by atoms with E-state index in [9.17, 15) is 9.59 Å². The molecule has 2 rings (SSSR count). The Kier molecular flexibility index (Phi) is 6.36. The predicted molar refractivity (Wildman–Crippen MR) is 87.0 cm³/mol. The summed E-state index contributed by atoms with van der Waals surface area (Å²) in [4.78, 5) is 23.2. The number of rotatable bonds is 7. The second-order valence-electron chi connectivity index (χ2n) is 5.19. The minimum Gasteiger partial charge on any atom is -0.465 e. The molecule has 0 N–H and O–H groups in total. The van der Waals surface area contributed by atoms with Crippen molar-refractivity contribution in [1.82, 2.24) is 0 Å². The number of methoxy groups -OCH3 is 1. The molecule has 0 unspecified atom stereocenters. The third kappa shape index (κ3) is 5.58. The van der Waals surface area contributed by atoms with Gasteiger partial charge in [-0.1, -0.05) is 42.5 Å². The summed E-state index contributed by atoms with van der Waals surface area (Å²) in [6.07, 6.45) is 1.99. The second kappa shape index (κ2) is 8.73. The van der Waals surface area contributed by atoms with E-state index in [1.807, 2.05) is 36.4 Å². The molecular weight excluding hydrogens is 292 g/mol. The lowest BCUT2D eigenvalue weighted by Gasteiger charge is -2.06. The Hall–Kier alpha value is -2.62.